The number of ether oxygens (including phenoxy) is 4. The van der Waals surface area contributed by atoms with Crippen LogP contribution in [-0.4, -0.2) is 44.1 Å². The van der Waals surface area contributed by atoms with Gasteiger partial charge in [0.1, 0.15) is 29.7 Å². The summed E-state index contributed by atoms with van der Waals surface area (Å²) in [7, 11) is 0. The number of aliphatic hydroxyl groups is 1. The van der Waals surface area contributed by atoms with Crippen molar-refractivity contribution in [3.05, 3.63) is 132 Å². The molecular weight excluding hydrogens is 532 g/mol. The Balaban J connectivity index is 1.38. The Labute approximate surface area is 244 Å². The second-order valence-corrected chi connectivity index (χ2v) is 10.6. The molecule has 0 radical (unpaired) electrons. The van der Waals surface area contributed by atoms with Gasteiger partial charge in [0.25, 0.3) is 0 Å². The van der Waals surface area contributed by atoms with Crippen molar-refractivity contribution < 1.29 is 24.1 Å². The minimum Gasteiger partial charge on any atom is -0.382 e. The molecule has 1 saturated heterocycles. The summed E-state index contributed by atoms with van der Waals surface area (Å²) in [4.78, 5) is 4.09. The van der Waals surface area contributed by atoms with Crippen LogP contribution in [0.4, 0.5) is 5.82 Å². The Morgan fingerprint density at radius 3 is 2.07 bits per heavy atom. The molecule has 1 fully saturated rings. The van der Waals surface area contributed by atoms with Crippen LogP contribution < -0.4 is 5.73 Å². The van der Waals surface area contributed by atoms with Crippen LogP contribution in [0.1, 0.15) is 29.3 Å². The van der Waals surface area contributed by atoms with Crippen molar-refractivity contribution in [2.45, 2.75) is 50.3 Å². The first-order chi connectivity index (χ1) is 20.5. The lowest BCUT2D eigenvalue weighted by molar-refractivity contribution is -0.294. The van der Waals surface area contributed by atoms with Gasteiger partial charge in [0.15, 0.2) is 11.4 Å². The highest BCUT2D eigenvalue weighted by Gasteiger charge is 2.67. The van der Waals surface area contributed by atoms with Crippen molar-refractivity contribution in [3.8, 4) is 0 Å². The summed E-state index contributed by atoms with van der Waals surface area (Å²) in [5, 5.41) is 17.0. The third-order valence-electron chi connectivity index (χ3n) is 7.75. The van der Waals surface area contributed by atoms with Crippen molar-refractivity contribution >= 4 is 11.3 Å². The predicted molar refractivity (Wildman–Crippen MR) is 157 cm³/mol. The average molecular weight is 567 g/mol. The Bertz CT molecular complexity index is 1600. The topological polar surface area (TPSA) is 113 Å². The fourth-order valence-corrected chi connectivity index (χ4v) is 5.47. The van der Waals surface area contributed by atoms with Gasteiger partial charge < -0.3 is 29.8 Å². The summed E-state index contributed by atoms with van der Waals surface area (Å²) in [6, 6.07) is 33.0. The summed E-state index contributed by atoms with van der Waals surface area (Å²) in [6.45, 7) is 2.85. The lowest BCUT2D eigenvalue weighted by Crippen LogP contribution is -2.55. The second-order valence-electron chi connectivity index (χ2n) is 10.6. The molecule has 0 aliphatic carbocycles. The Kier molecular flexibility index (Phi) is 8.01. The highest BCUT2D eigenvalue weighted by atomic mass is 16.7. The molecule has 42 heavy (non-hydrogen) atoms. The number of hydrogen-bond donors (Lipinski definition) is 2. The Morgan fingerprint density at radius 2 is 1.43 bits per heavy atom. The number of aromatic nitrogens is 3. The summed E-state index contributed by atoms with van der Waals surface area (Å²) < 4.78 is 27.4. The largest absolute Gasteiger partial charge is 0.382 e. The van der Waals surface area contributed by atoms with Crippen LogP contribution in [0.25, 0.3) is 5.52 Å². The normalized spacial score (nSPS) is 23.9. The third kappa shape index (κ3) is 5.40. The van der Waals surface area contributed by atoms with E-state index in [-0.39, 0.29) is 25.6 Å². The Hall–Kier alpha value is -4.12. The lowest BCUT2D eigenvalue weighted by Gasteiger charge is -2.40. The van der Waals surface area contributed by atoms with Crippen LogP contribution in [0.2, 0.25) is 0 Å². The first-order valence-corrected chi connectivity index (χ1v) is 13.9. The number of hydrogen-bond acceptors (Lipinski definition) is 8. The highest BCUT2D eigenvalue weighted by molar-refractivity contribution is 5.65. The van der Waals surface area contributed by atoms with E-state index in [0.717, 1.165) is 16.7 Å². The van der Waals surface area contributed by atoms with Crippen molar-refractivity contribution in [1.82, 2.24) is 14.6 Å². The monoisotopic (exact) mass is 566 g/mol. The third-order valence-corrected chi connectivity index (χ3v) is 7.75. The summed E-state index contributed by atoms with van der Waals surface area (Å²) in [6.07, 6.45) is -0.0734. The van der Waals surface area contributed by atoms with E-state index < -0.39 is 23.6 Å². The van der Waals surface area contributed by atoms with Crippen molar-refractivity contribution in [3.63, 3.8) is 0 Å². The van der Waals surface area contributed by atoms with Crippen molar-refractivity contribution in [2.24, 2.45) is 0 Å². The maximum atomic E-state index is 12.6. The smallest absolute Gasteiger partial charge is 0.243 e. The molecule has 216 valence electrons. The maximum Gasteiger partial charge on any atom is 0.243 e. The molecule has 0 amide bonds. The number of nitrogens with zero attached hydrogens (tertiary/aromatic N) is 3. The zero-order valence-electron chi connectivity index (χ0n) is 23.4. The standard InChI is InChI=1S/C33H34N4O5/c1-32(41-21-26-15-9-4-10-16-26)30(40-20-25-13-7-3-8-14-25)28(22-39-19-24-11-5-2-6-12-24)42-33(32,38)29-18-17-27-31(34)35-23-36-37(27)29/h2-18,23,28,30,38H,19-22H2,1H3,(H2,34,35,36)/t28-,30-,32-,33+/m1/s1. The molecule has 3 aromatic carbocycles. The van der Waals surface area contributed by atoms with Gasteiger partial charge >= 0.3 is 0 Å². The van der Waals surface area contributed by atoms with Crippen LogP contribution in [-0.2, 0) is 44.6 Å². The molecule has 3 heterocycles. The van der Waals surface area contributed by atoms with Gasteiger partial charge in [-0.25, -0.2) is 9.50 Å². The number of benzene rings is 3. The minimum absolute atomic E-state index is 0.154. The predicted octanol–water partition coefficient (Wildman–Crippen LogP) is 4.63. The molecule has 2 aromatic heterocycles. The van der Waals surface area contributed by atoms with Gasteiger partial charge in [-0.2, -0.15) is 5.10 Å². The van der Waals surface area contributed by atoms with Crippen molar-refractivity contribution in [2.75, 3.05) is 12.3 Å². The molecule has 4 atom stereocenters. The number of nitrogen functional groups attached to an aromatic ring is 1. The first kappa shape index (κ1) is 28.0. The highest BCUT2D eigenvalue weighted by Crippen LogP contribution is 2.50. The van der Waals surface area contributed by atoms with Crippen LogP contribution in [0, 0.1) is 0 Å². The SMILES string of the molecule is C[C@@]1(OCc2ccccc2)[C@H](OCc2ccccc2)[C@@H](COCc2ccccc2)O[C@@]1(O)c1ccc2c(N)ncnn12. The van der Waals surface area contributed by atoms with Gasteiger partial charge in [0.05, 0.1) is 26.4 Å². The molecule has 0 bridgehead atoms. The molecule has 1 aliphatic rings. The van der Waals surface area contributed by atoms with Gasteiger partial charge in [0.2, 0.25) is 5.79 Å². The zero-order chi connectivity index (χ0) is 29.0. The molecule has 5 aromatic rings. The number of fused-ring (bicyclic) bond motifs is 1. The van der Waals surface area contributed by atoms with E-state index >= 15 is 0 Å². The first-order valence-electron chi connectivity index (χ1n) is 13.9. The summed E-state index contributed by atoms with van der Waals surface area (Å²) in [5.41, 5.74) is 8.58. The van der Waals surface area contributed by atoms with Gasteiger partial charge in [-0.1, -0.05) is 91.0 Å². The van der Waals surface area contributed by atoms with E-state index in [1.165, 1.54) is 10.8 Å². The molecule has 9 heteroatoms. The van der Waals surface area contributed by atoms with E-state index in [1.807, 2.05) is 97.9 Å². The van der Waals surface area contributed by atoms with E-state index in [4.69, 9.17) is 24.7 Å². The number of anilines is 1. The fourth-order valence-electron chi connectivity index (χ4n) is 5.47. The number of nitrogens with two attached hydrogens (primary N) is 1. The van der Waals surface area contributed by atoms with E-state index in [2.05, 4.69) is 10.1 Å². The van der Waals surface area contributed by atoms with Crippen LogP contribution in [0.5, 0.6) is 0 Å². The summed E-state index contributed by atoms with van der Waals surface area (Å²) in [5.74, 6) is -1.71. The molecule has 9 nitrogen and oxygen atoms in total. The fraction of sp³-hybridized carbons (Fsp3) is 0.273. The Morgan fingerprint density at radius 1 is 0.833 bits per heavy atom. The average Bonchev–Trinajstić information content (AvgIpc) is 3.55. The molecule has 0 saturated carbocycles. The van der Waals surface area contributed by atoms with E-state index in [0.29, 0.717) is 17.8 Å². The van der Waals surface area contributed by atoms with Crippen LogP contribution in [0.3, 0.4) is 0 Å². The summed E-state index contributed by atoms with van der Waals surface area (Å²) >= 11 is 0. The quantitative estimate of drug-likeness (QED) is 0.238. The maximum absolute atomic E-state index is 12.6. The number of rotatable bonds is 11. The molecule has 0 spiro atoms. The molecule has 0 unspecified atom stereocenters. The van der Waals surface area contributed by atoms with Gasteiger partial charge in [0, 0.05) is 0 Å². The van der Waals surface area contributed by atoms with Gasteiger partial charge in [-0.15, -0.1) is 0 Å². The molecule has 3 N–H and O–H groups in total. The minimum atomic E-state index is -1.99. The second kappa shape index (κ2) is 12.0. The zero-order valence-corrected chi connectivity index (χ0v) is 23.4. The van der Waals surface area contributed by atoms with E-state index in [1.54, 1.807) is 12.1 Å². The lowest BCUT2D eigenvalue weighted by atomic mass is 9.87. The van der Waals surface area contributed by atoms with Crippen LogP contribution >= 0.6 is 0 Å². The molecule has 1 aliphatic heterocycles. The molecule has 6 rings (SSSR count). The van der Waals surface area contributed by atoms with Crippen LogP contribution in [0.15, 0.2) is 109 Å². The van der Waals surface area contributed by atoms with E-state index in [9.17, 15) is 5.11 Å². The molecular formula is C33H34N4O5. The van der Waals surface area contributed by atoms with Gasteiger partial charge in [-0.3, -0.25) is 0 Å². The van der Waals surface area contributed by atoms with Crippen molar-refractivity contribution in [1.29, 1.82) is 0 Å². The van der Waals surface area contributed by atoms with Gasteiger partial charge in [-0.05, 0) is 35.7 Å².